The lowest BCUT2D eigenvalue weighted by Gasteiger charge is -2.35. The molecule has 260 valence electrons. The molecule has 0 amide bonds. The van der Waals surface area contributed by atoms with Gasteiger partial charge in [0.15, 0.2) is 0 Å². The van der Waals surface area contributed by atoms with Gasteiger partial charge in [-0.2, -0.15) is 96.6 Å². The van der Waals surface area contributed by atoms with Crippen molar-refractivity contribution in [1.82, 2.24) is 0 Å². The number of hydrogen-bond acceptors (Lipinski definition) is 5. The van der Waals surface area contributed by atoms with E-state index in [0.29, 0.717) is 0 Å². The first kappa shape index (κ1) is 41.5. The van der Waals surface area contributed by atoms with Crippen LogP contribution in [0.25, 0.3) is 0 Å². The maximum absolute atomic E-state index is 13.5. The van der Waals surface area contributed by atoms with Gasteiger partial charge in [-0.25, -0.2) is 4.57 Å². The Balaban J connectivity index is 5.45. The molecule has 0 heterocycles. The highest BCUT2D eigenvalue weighted by Crippen LogP contribution is 2.55. The maximum Gasteiger partial charge on any atom is 0.472 e. The summed E-state index contributed by atoms with van der Waals surface area (Å²) in [6, 6.07) is 0. The molecule has 0 saturated carbocycles. The quantitative estimate of drug-likeness (QED) is 0.145. The highest BCUT2D eigenvalue weighted by Gasteiger charge is 2.81. The summed E-state index contributed by atoms with van der Waals surface area (Å²) in [4.78, 5) is 8.98. The Hall–Kier alpha value is -1.51. The molecule has 0 spiro atoms. The molecule has 29 heteroatoms. The Kier molecular flexibility index (Phi) is 11.6. The third-order valence-corrected chi connectivity index (χ3v) is 5.21. The smallest absolute Gasteiger partial charge is 0.302 e. The van der Waals surface area contributed by atoms with E-state index >= 15 is 0 Å². The Bertz CT molecular complexity index is 881. The normalized spacial score (nSPS) is 16.2. The lowest BCUT2D eigenvalue weighted by atomic mass is 10.2. The molecule has 0 aromatic heterocycles. The van der Waals surface area contributed by atoms with Crippen molar-refractivity contribution in [3.63, 3.8) is 0 Å². The van der Waals surface area contributed by atoms with Crippen LogP contribution in [0.3, 0.4) is 0 Å². The summed E-state index contributed by atoms with van der Waals surface area (Å²) in [6.07, 6.45) is -49.9. The maximum atomic E-state index is 13.5. The molecule has 0 aliphatic heterocycles. The predicted octanol–water partition coefficient (Wildman–Crippen LogP) is 7.97. The van der Waals surface area contributed by atoms with Gasteiger partial charge in [0.2, 0.25) is 0 Å². The molecule has 6 nitrogen and oxygen atoms in total. The third-order valence-electron chi connectivity index (χ3n) is 4.19. The SMILES string of the molecule is O=P(O)(OCCC(F)(F)C(F)(F)OC(F)(C(F)(F)F)C(F)(F)F)OCCC(F)(F)C(F)(F)OC(F)(C(F)(F)F)C(F)(F)F. The summed E-state index contributed by atoms with van der Waals surface area (Å²) < 4.78 is 302. The molecule has 0 bridgehead atoms. The molecule has 0 saturated heterocycles. The zero-order valence-corrected chi connectivity index (χ0v) is 20.0. The molecule has 43 heavy (non-hydrogen) atoms. The molecule has 0 atom stereocenters. The van der Waals surface area contributed by atoms with Crippen LogP contribution in [0, 0.1) is 0 Å². The van der Waals surface area contributed by atoms with Gasteiger partial charge in [0.25, 0.3) is 0 Å². The first-order valence-electron chi connectivity index (χ1n) is 9.51. The Morgan fingerprint density at radius 3 is 0.837 bits per heavy atom. The standard InChI is InChI=1S/C14H9F22O6P/c15-5(16,13(33,34)41-7(19,9(21,22)23)10(24,25)26)1-3-39-43(37,38)40-4-2-6(17,18)14(35,36)42-8(20,11(27,28)29)12(30,31)32/h1-4H2,(H,37,38). The topological polar surface area (TPSA) is 74.2 Å². The summed E-state index contributed by atoms with van der Waals surface area (Å²) in [6.45, 7) is -4.93. The minimum atomic E-state index is -7.45. The average molecular weight is 722 g/mol. The third kappa shape index (κ3) is 9.26. The zero-order chi connectivity index (χ0) is 35.2. The van der Waals surface area contributed by atoms with E-state index in [1.54, 1.807) is 9.47 Å². The summed E-state index contributed by atoms with van der Waals surface area (Å²) in [5.41, 5.74) is 0. The van der Waals surface area contributed by atoms with Gasteiger partial charge in [-0.3, -0.25) is 18.5 Å². The fourth-order valence-electron chi connectivity index (χ4n) is 1.96. The van der Waals surface area contributed by atoms with E-state index in [4.69, 9.17) is 4.89 Å². The highest BCUT2D eigenvalue weighted by molar-refractivity contribution is 7.47. The number of rotatable bonds is 14. The van der Waals surface area contributed by atoms with Crippen molar-refractivity contribution >= 4 is 7.82 Å². The molecule has 1 N–H and O–H groups in total. The van der Waals surface area contributed by atoms with E-state index in [0.717, 1.165) is 0 Å². The minimum absolute atomic E-state index is 1.66. The van der Waals surface area contributed by atoms with Gasteiger partial charge >= 0.3 is 68.3 Å². The highest BCUT2D eigenvalue weighted by atomic mass is 31.2. The number of alkyl halides is 22. The van der Waals surface area contributed by atoms with Gasteiger partial charge in [-0.05, 0) is 0 Å². The van der Waals surface area contributed by atoms with Crippen LogP contribution < -0.4 is 0 Å². The van der Waals surface area contributed by atoms with Gasteiger partial charge in [-0.15, -0.1) is 0 Å². The van der Waals surface area contributed by atoms with Crippen LogP contribution in [0.5, 0.6) is 0 Å². The van der Waals surface area contributed by atoms with Crippen molar-refractivity contribution in [2.24, 2.45) is 0 Å². The van der Waals surface area contributed by atoms with Gasteiger partial charge < -0.3 is 4.89 Å². The van der Waals surface area contributed by atoms with E-state index in [2.05, 4.69) is 9.05 Å². The van der Waals surface area contributed by atoms with Crippen LogP contribution in [0.15, 0.2) is 0 Å². The number of ether oxygens (including phenoxy) is 2. The molecule has 0 aliphatic rings. The summed E-state index contributed by atoms with van der Waals surface area (Å²) >= 11 is 0. The van der Waals surface area contributed by atoms with Gasteiger partial charge in [0.1, 0.15) is 0 Å². The minimum Gasteiger partial charge on any atom is -0.302 e. The van der Waals surface area contributed by atoms with Crippen LogP contribution in [0.1, 0.15) is 12.8 Å². The Morgan fingerprint density at radius 2 is 0.651 bits per heavy atom. The Morgan fingerprint density at radius 1 is 0.442 bits per heavy atom. The van der Waals surface area contributed by atoms with Crippen molar-refractivity contribution in [1.29, 1.82) is 0 Å². The van der Waals surface area contributed by atoms with Crippen LogP contribution in [-0.4, -0.2) is 78.6 Å². The number of hydrogen-bond donors (Lipinski definition) is 1. The molecular weight excluding hydrogens is 713 g/mol. The van der Waals surface area contributed by atoms with Crippen molar-refractivity contribution in [3.05, 3.63) is 0 Å². The number of halogens is 22. The van der Waals surface area contributed by atoms with E-state index in [-0.39, 0.29) is 0 Å². The molecule has 0 radical (unpaired) electrons. The summed E-state index contributed by atoms with van der Waals surface area (Å²) in [5.74, 6) is -27.6. The van der Waals surface area contributed by atoms with E-state index in [1.807, 2.05) is 0 Å². The average Bonchev–Trinajstić information content (AvgIpc) is 2.68. The molecule has 0 fully saturated rings. The zero-order valence-electron chi connectivity index (χ0n) is 19.1. The van der Waals surface area contributed by atoms with Crippen molar-refractivity contribution in [2.75, 3.05) is 13.2 Å². The first-order valence-corrected chi connectivity index (χ1v) is 11.0. The number of phosphoric acid groups is 1. The first-order chi connectivity index (χ1) is 18.3. The lowest BCUT2D eigenvalue weighted by molar-refractivity contribution is -0.503. The second-order valence-corrected chi connectivity index (χ2v) is 8.92. The fraction of sp³-hybridized carbons (Fsp3) is 1.00. The number of phosphoric ester groups is 1. The van der Waals surface area contributed by atoms with E-state index in [1.165, 1.54) is 0 Å². The van der Waals surface area contributed by atoms with Gasteiger partial charge in [0, 0.05) is 12.8 Å². The summed E-state index contributed by atoms with van der Waals surface area (Å²) in [7, 11) is -6.26. The van der Waals surface area contributed by atoms with Crippen LogP contribution >= 0.6 is 7.82 Å². The van der Waals surface area contributed by atoms with Crippen molar-refractivity contribution < 1.29 is 125 Å². The fourth-order valence-corrected chi connectivity index (χ4v) is 2.68. The second-order valence-electron chi connectivity index (χ2n) is 7.46. The van der Waals surface area contributed by atoms with Crippen molar-refractivity contribution in [2.45, 2.75) is 73.3 Å². The van der Waals surface area contributed by atoms with Crippen LogP contribution in [-0.2, 0) is 23.1 Å². The van der Waals surface area contributed by atoms with E-state index < -0.39 is 94.4 Å². The predicted molar refractivity (Wildman–Crippen MR) is 84.8 cm³/mol. The molecule has 0 aromatic carbocycles. The van der Waals surface area contributed by atoms with E-state index in [9.17, 15) is 101 Å². The molecule has 0 unspecified atom stereocenters. The Labute approximate surface area is 220 Å². The van der Waals surface area contributed by atoms with Gasteiger partial charge in [-0.1, -0.05) is 0 Å². The van der Waals surface area contributed by atoms with Crippen LogP contribution in [0.4, 0.5) is 96.6 Å². The van der Waals surface area contributed by atoms with Gasteiger partial charge in [0.05, 0.1) is 13.2 Å². The largest absolute Gasteiger partial charge is 0.472 e. The van der Waals surface area contributed by atoms with Crippen LogP contribution in [0.2, 0.25) is 0 Å². The lowest BCUT2D eigenvalue weighted by Crippen LogP contribution is -2.61. The van der Waals surface area contributed by atoms with Crippen molar-refractivity contribution in [3.8, 4) is 0 Å². The molecule has 0 aromatic rings. The molecular formula is C14H9F22O6P. The molecule has 0 rings (SSSR count). The molecule has 0 aliphatic carbocycles. The summed E-state index contributed by atoms with van der Waals surface area (Å²) in [5, 5.41) is 0. The monoisotopic (exact) mass is 722 g/mol. The second kappa shape index (κ2) is 12.0.